The van der Waals surface area contributed by atoms with E-state index >= 15 is 0 Å². The standard InChI is InChI=1S/C28H29F4NO3/c1-16-9-19(11-21(10-16)28(30,31)32)17(2)36-27-26(18-3-5-22(29)6-4-18)25-14-33(13-20(25)15-35-27)23-7-8-24(34)12-23/h3-6,9-12,17,20,25-27H,7-8,13-15H2,1-2H3/t17-,20-,25-,26+,27-/m1/s1. The first kappa shape index (κ1) is 25.0. The Balaban J connectivity index is 1.42. The number of nitrogens with zero attached hydrogens (tertiary/aromatic N) is 1. The summed E-state index contributed by atoms with van der Waals surface area (Å²) in [6.45, 7) is 5.27. The van der Waals surface area contributed by atoms with E-state index in [2.05, 4.69) is 4.90 Å². The predicted molar refractivity (Wildman–Crippen MR) is 125 cm³/mol. The maximum absolute atomic E-state index is 13.7. The number of allylic oxidation sites excluding steroid dienone is 2. The van der Waals surface area contributed by atoms with Gasteiger partial charge in [0.2, 0.25) is 0 Å². The van der Waals surface area contributed by atoms with Gasteiger partial charge in [-0.2, -0.15) is 13.2 Å². The number of carbonyl (C=O) groups is 1. The molecule has 5 rings (SSSR count). The van der Waals surface area contributed by atoms with Crippen molar-refractivity contribution >= 4 is 5.78 Å². The van der Waals surface area contributed by atoms with Gasteiger partial charge >= 0.3 is 6.18 Å². The third-order valence-corrected chi connectivity index (χ3v) is 7.57. The van der Waals surface area contributed by atoms with Crippen LogP contribution < -0.4 is 0 Å². The molecule has 2 saturated heterocycles. The van der Waals surface area contributed by atoms with Gasteiger partial charge in [-0.25, -0.2) is 4.39 Å². The minimum Gasteiger partial charge on any atom is -0.374 e. The minimum atomic E-state index is -4.45. The van der Waals surface area contributed by atoms with Gasteiger partial charge < -0.3 is 14.4 Å². The lowest BCUT2D eigenvalue weighted by Gasteiger charge is -2.40. The number of alkyl halides is 3. The molecule has 2 aromatic rings. The maximum Gasteiger partial charge on any atom is 0.416 e. The van der Waals surface area contributed by atoms with Gasteiger partial charge in [0.1, 0.15) is 5.82 Å². The van der Waals surface area contributed by atoms with E-state index in [1.807, 2.05) is 0 Å². The molecule has 2 aromatic carbocycles. The highest BCUT2D eigenvalue weighted by atomic mass is 19.4. The van der Waals surface area contributed by atoms with Crippen LogP contribution in [0.2, 0.25) is 0 Å². The van der Waals surface area contributed by atoms with Crippen LogP contribution in [0.25, 0.3) is 0 Å². The van der Waals surface area contributed by atoms with Crippen molar-refractivity contribution in [3.05, 3.63) is 82.3 Å². The normalized spacial score (nSPS) is 27.2. The third-order valence-electron chi connectivity index (χ3n) is 7.57. The average Bonchev–Trinajstić information content (AvgIpc) is 3.45. The molecule has 3 aliphatic rings. The number of rotatable bonds is 5. The van der Waals surface area contributed by atoms with E-state index in [4.69, 9.17) is 9.47 Å². The number of ketones is 1. The molecule has 36 heavy (non-hydrogen) atoms. The van der Waals surface area contributed by atoms with Crippen molar-refractivity contribution in [1.82, 2.24) is 4.90 Å². The summed E-state index contributed by atoms with van der Waals surface area (Å²) in [6.07, 6.45) is -2.83. The number of hydrogen-bond donors (Lipinski definition) is 0. The van der Waals surface area contributed by atoms with Crippen LogP contribution >= 0.6 is 0 Å². The van der Waals surface area contributed by atoms with E-state index in [1.54, 1.807) is 38.1 Å². The summed E-state index contributed by atoms with van der Waals surface area (Å²) in [5.74, 6) is -0.122. The summed E-state index contributed by atoms with van der Waals surface area (Å²) >= 11 is 0. The Labute approximate surface area is 207 Å². The number of benzene rings is 2. The van der Waals surface area contributed by atoms with Gasteiger partial charge in [0.15, 0.2) is 12.1 Å². The monoisotopic (exact) mass is 503 g/mol. The van der Waals surface area contributed by atoms with Crippen LogP contribution in [0, 0.1) is 24.6 Å². The second-order valence-electron chi connectivity index (χ2n) is 10.1. The highest BCUT2D eigenvalue weighted by molar-refractivity contribution is 5.92. The molecule has 2 aliphatic heterocycles. The van der Waals surface area contributed by atoms with Crippen molar-refractivity contribution in [2.45, 2.75) is 51.2 Å². The van der Waals surface area contributed by atoms with Crippen LogP contribution in [0.4, 0.5) is 17.6 Å². The lowest BCUT2D eigenvalue weighted by atomic mass is 9.77. The van der Waals surface area contributed by atoms with E-state index < -0.39 is 24.1 Å². The topological polar surface area (TPSA) is 38.8 Å². The van der Waals surface area contributed by atoms with Gasteiger partial charge in [-0.05, 0) is 61.6 Å². The second-order valence-corrected chi connectivity index (χ2v) is 10.1. The summed E-state index contributed by atoms with van der Waals surface area (Å²) in [7, 11) is 0. The molecule has 0 N–H and O–H groups in total. The molecule has 0 amide bonds. The lowest BCUT2D eigenvalue weighted by molar-refractivity contribution is -0.217. The average molecular weight is 504 g/mol. The van der Waals surface area contributed by atoms with Crippen LogP contribution in [-0.2, 0) is 20.4 Å². The molecule has 4 nitrogen and oxygen atoms in total. The van der Waals surface area contributed by atoms with Crippen molar-refractivity contribution < 1.29 is 31.8 Å². The quantitative estimate of drug-likeness (QED) is 0.458. The number of aryl methyl sites for hydroxylation is 1. The van der Waals surface area contributed by atoms with Crippen LogP contribution in [0.1, 0.15) is 54.0 Å². The zero-order valence-electron chi connectivity index (χ0n) is 20.2. The molecule has 192 valence electrons. The Bertz CT molecular complexity index is 1160. The fraction of sp³-hybridized carbons (Fsp3) is 0.464. The highest BCUT2D eigenvalue weighted by Crippen LogP contribution is 2.46. The summed E-state index contributed by atoms with van der Waals surface area (Å²) in [5.41, 5.74) is 2.12. The Hall–Kier alpha value is -2.71. The Kier molecular flexibility index (Phi) is 6.68. The largest absolute Gasteiger partial charge is 0.416 e. The van der Waals surface area contributed by atoms with Crippen LogP contribution in [0.3, 0.4) is 0 Å². The van der Waals surface area contributed by atoms with Gasteiger partial charge in [0.25, 0.3) is 0 Å². The zero-order chi connectivity index (χ0) is 25.6. The van der Waals surface area contributed by atoms with Gasteiger partial charge in [0.05, 0.1) is 18.3 Å². The van der Waals surface area contributed by atoms with E-state index in [0.717, 1.165) is 36.4 Å². The second kappa shape index (κ2) is 9.63. The first-order valence-electron chi connectivity index (χ1n) is 12.3. The first-order chi connectivity index (χ1) is 17.1. The fourth-order valence-corrected chi connectivity index (χ4v) is 5.77. The summed E-state index contributed by atoms with van der Waals surface area (Å²) in [5, 5.41) is 0. The van der Waals surface area contributed by atoms with Crippen LogP contribution in [0.15, 0.2) is 54.2 Å². The molecule has 8 heteroatoms. The number of likely N-dealkylation sites (tertiary alicyclic amines) is 1. The molecule has 1 aliphatic carbocycles. The van der Waals surface area contributed by atoms with Crippen LogP contribution in [-0.4, -0.2) is 36.7 Å². The van der Waals surface area contributed by atoms with Gasteiger partial charge in [-0.3, -0.25) is 4.79 Å². The molecule has 0 unspecified atom stereocenters. The van der Waals surface area contributed by atoms with E-state index in [-0.39, 0.29) is 29.4 Å². The predicted octanol–water partition coefficient (Wildman–Crippen LogP) is 6.17. The zero-order valence-corrected chi connectivity index (χ0v) is 20.2. The number of ether oxygens (including phenoxy) is 2. The Morgan fingerprint density at radius 1 is 1.08 bits per heavy atom. The Morgan fingerprint density at radius 3 is 2.50 bits per heavy atom. The minimum absolute atomic E-state index is 0.126. The summed E-state index contributed by atoms with van der Waals surface area (Å²) in [4.78, 5) is 14.0. The van der Waals surface area contributed by atoms with E-state index in [1.165, 1.54) is 12.1 Å². The third kappa shape index (κ3) is 5.06. The SMILES string of the molecule is Cc1cc([C@@H](C)O[C@H]2OC[C@H]3CN(C4=CC(=O)CC4)C[C@H]3[C@@H]2c2ccc(F)cc2)cc(C(F)(F)F)c1. The number of halogens is 4. The molecular formula is C28H29F4NO3. The molecule has 2 fully saturated rings. The molecular weight excluding hydrogens is 474 g/mol. The number of fused-ring (bicyclic) bond motifs is 1. The van der Waals surface area contributed by atoms with Crippen molar-refractivity contribution in [2.24, 2.45) is 11.8 Å². The van der Waals surface area contributed by atoms with E-state index in [9.17, 15) is 22.4 Å². The summed E-state index contributed by atoms with van der Waals surface area (Å²) in [6, 6.07) is 10.2. The molecule has 0 spiro atoms. The fourth-order valence-electron chi connectivity index (χ4n) is 5.77. The van der Waals surface area contributed by atoms with Gasteiger partial charge in [0, 0.05) is 43.1 Å². The molecule has 0 bridgehead atoms. The van der Waals surface area contributed by atoms with E-state index in [0.29, 0.717) is 30.7 Å². The molecule has 0 saturated carbocycles. The lowest BCUT2D eigenvalue weighted by Crippen LogP contribution is -2.42. The van der Waals surface area contributed by atoms with Gasteiger partial charge in [-0.15, -0.1) is 0 Å². The maximum atomic E-state index is 13.7. The van der Waals surface area contributed by atoms with Gasteiger partial charge in [-0.1, -0.05) is 23.8 Å². The molecule has 0 radical (unpaired) electrons. The smallest absolute Gasteiger partial charge is 0.374 e. The first-order valence-corrected chi connectivity index (χ1v) is 12.3. The van der Waals surface area contributed by atoms with Crippen molar-refractivity contribution in [1.29, 1.82) is 0 Å². The summed E-state index contributed by atoms with van der Waals surface area (Å²) < 4.78 is 66.4. The molecule has 0 aromatic heterocycles. The Morgan fingerprint density at radius 2 is 1.83 bits per heavy atom. The van der Waals surface area contributed by atoms with Crippen molar-refractivity contribution in [3.8, 4) is 0 Å². The van der Waals surface area contributed by atoms with Crippen molar-refractivity contribution in [2.75, 3.05) is 19.7 Å². The van der Waals surface area contributed by atoms with Crippen LogP contribution in [0.5, 0.6) is 0 Å². The molecule has 5 atom stereocenters. The van der Waals surface area contributed by atoms with Crippen molar-refractivity contribution in [3.63, 3.8) is 0 Å². The molecule has 2 heterocycles. The highest BCUT2D eigenvalue weighted by Gasteiger charge is 2.47. The number of carbonyl (C=O) groups excluding carboxylic acids is 1. The number of hydrogen-bond acceptors (Lipinski definition) is 4.